The molecule has 124 valence electrons. The van der Waals surface area contributed by atoms with Crippen LogP contribution in [0, 0.1) is 20.2 Å². The van der Waals surface area contributed by atoms with E-state index in [9.17, 15) is 25.0 Å². The van der Waals surface area contributed by atoms with Crippen LogP contribution < -0.4 is 10.1 Å². The number of halogens is 1. The molecule has 2 rings (SSSR count). The third kappa shape index (κ3) is 3.66. The fourth-order valence-electron chi connectivity index (χ4n) is 1.98. The second kappa shape index (κ2) is 7.04. The molecule has 0 spiro atoms. The maximum absolute atomic E-state index is 12.2. The molecular weight excluding hydrogens is 386 g/mol. The Balaban J connectivity index is 2.45. The summed E-state index contributed by atoms with van der Waals surface area (Å²) in [6.45, 7) is 0. The Kier molecular flexibility index (Phi) is 5.09. The van der Waals surface area contributed by atoms with Gasteiger partial charge in [-0.2, -0.15) is 0 Å². The van der Waals surface area contributed by atoms with E-state index in [1.165, 1.54) is 6.07 Å². The summed E-state index contributed by atoms with van der Waals surface area (Å²) in [4.78, 5) is 32.7. The van der Waals surface area contributed by atoms with Gasteiger partial charge < -0.3 is 10.1 Å². The van der Waals surface area contributed by atoms with Gasteiger partial charge in [0.25, 0.3) is 11.7 Å². The molecule has 0 fully saturated rings. The van der Waals surface area contributed by atoms with Crippen molar-refractivity contribution in [2.75, 3.05) is 12.4 Å². The van der Waals surface area contributed by atoms with Gasteiger partial charge in [-0.05, 0) is 18.2 Å². The lowest BCUT2D eigenvalue weighted by Gasteiger charge is -2.08. The smallest absolute Gasteiger partial charge is 0.320 e. The molecule has 2 aromatic rings. The van der Waals surface area contributed by atoms with Crippen LogP contribution in [0.1, 0.15) is 10.4 Å². The molecule has 0 aromatic heterocycles. The van der Waals surface area contributed by atoms with E-state index in [2.05, 4.69) is 21.2 Å². The van der Waals surface area contributed by atoms with Crippen LogP contribution in [0.3, 0.4) is 0 Å². The minimum atomic E-state index is -0.819. The van der Waals surface area contributed by atoms with E-state index in [1.54, 1.807) is 18.2 Å². The topological polar surface area (TPSA) is 125 Å². The molecule has 0 saturated heterocycles. The van der Waals surface area contributed by atoms with Crippen LogP contribution >= 0.6 is 15.9 Å². The van der Waals surface area contributed by atoms with Crippen molar-refractivity contribution in [1.29, 1.82) is 0 Å². The van der Waals surface area contributed by atoms with Crippen molar-refractivity contribution < 1.29 is 19.4 Å². The van der Waals surface area contributed by atoms with Gasteiger partial charge in [0.1, 0.15) is 0 Å². The number of nitrogens with one attached hydrogen (secondary N) is 1. The van der Waals surface area contributed by atoms with E-state index in [0.29, 0.717) is 4.47 Å². The summed E-state index contributed by atoms with van der Waals surface area (Å²) in [7, 11) is 1.09. The molecule has 0 aliphatic rings. The predicted molar refractivity (Wildman–Crippen MR) is 88.4 cm³/mol. The van der Waals surface area contributed by atoms with Gasteiger partial charge in [-0.15, -0.1) is 0 Å². The number of hydrogen-bond donors (Lipinski definition) is 1. The molecule has 0 radical (unpaired) electrons. The second-order valence-electron chi connectivity index (χ2n) is 4.53. The first kappa shape index (κ1) is 17.3. The van der Waals surface area contributed by atoms with Crippen LogP contribution in [0.25, 0.3) is 0 Å². The van der Waals surface area contributed by atoms with Crippen LogP contribution in [0.2, 0.25) is 0 Å². The summed E-state index contributed by atoms with van der Waals surface area (Å²) in [6.07, 6.45) is 0. The SMILES string of the molecule is COc1c([N+](=O)[O-])cc(NC(=O)c2cccc(Br)c2)cc1[N+](=O)[O-]. The Hall–Kier alpha value is -3.01. The molecule has 0 heterocycles. The molecule has 0 saturated carbocycles. The van der Waals surface area contributed by atoms with Gasteiger partial charge in [0.05, 0.1) is 22.6 Å². The van der Waals surface area contributed by atoms with Crippen LogP contribution in [-0.4, -0.2) is 22.9 Å². The molecule has 24 heavy (non-hydrogen) atoms. The zero-order chi connectivity index (χ0) is 17.9. The number of hydrogen-bond acceptors (Lipinski definition) is 6. The first-order valence-corrected chi connectivity index (χ1v) is 7.20. The molecular formula is C14H10BrN3O6. The lowest BCUT2D eigenvalue weighted by atomic mass is 10.2. The van der Waals surface area contributed by atoms with E-state index in [4.69, 9.17) is 4.74 Å². The molecule has 2 aromatic carbocycles. The Bertz CT molecular complexity index is 804. The number of rotatable bonds is 5. The summed E-state index contributed by atoms with van der Waals surface area (Å²) in [5.74, 6) is -1.05. The van der Waals surface area contributed by atoms with E-state index in [-0.39, 0.29) is 11.3 Å². The molecule has 1 amide bonds. The molecule has 0 atom stereocenters. The van der Waals surface area contributed by atoms with E-state index >= 15 is 0 Å². The summed E-state index contributed by atoms with van der Waals surface area (Å²) >= 11 is 3.22. The average Bonchev–Trinajstić information content (AvgIpc) is 2.53. The number of amides is 1. The molecule has 0 aliphatic heterocycles. The van der Waals surface area contributed by atoms with Crippen molar-refractivity contribution >= 4 is 38.9 Å². The van der Waals surface area contributed by atoms with Crippen LogP contribution in [0.15, 0.2) is 40.9 Å². The third-order valence-corrected chi connectivity index (χ3v) is 3.49. The number of carbonyl (C=O) groups excluding carboxylic acids is 1. The van der Waals surface area contributed by atoms with Gasteiger partial charge in [0, 0.05) is 22.2 Å². The lowest BCUT2D eigenvalue weighted by Crippen LogP contribution is -2.12. The second-order valence-corrected chi connectivity index (χ2v) is 5.44. The van der Waals surface area contributed by atoms with Gasteiger partial charge in [0.2, 0.25) is 0 Å². The predicted octanol–water partition coefficient (Wildman–Crippen LogP) is 3.53. The van der Waals surface area contributed by atoms with Crippen molar-refractivity contribution in [1.82, 2.24) is 0 Å². The first-order chi connectivity index (χ1) is 11.3. The van der Waals surface area contributed by atoms with Crippen molar-refractivity contribution in [2.45, 2.75) is 0 Å². The number of nitrogens with zero attached hydrogens (tertiary/aromatic N) is 2. The maximum atomic E-state index is 12.2. The molecule has 0 unspecified atom stereocenters. The maximum Gasteiger partial charge on any atom is 0.320 e. The summed E-state index contributed by atoms with van der Waals surface area (Å²) in [6, 6.07) is 8.44. The van der Waals surface area contributed by atoms with Gasteiger partial charge in [-0.25, -0.2) is 0 Å². The number of methoxy groups -OCH3 is 1. The highest BCUT2D eigenvalue weighted by molar-refractivity contribution is 9.10. The van der Waals surface area contributed by atoms with Crippen molar-refractivity contribution in [2.24, 2.45) is 0 Å². The van der Waals surface area contributed by atoms with E-state index < -0.39 is 32.9 Å². The molecule has 9 nitrogen and oxygen atoms in total. The number of carbonyl (C=O) groups is 1. The van der Waals surface area contributed by atoms with E-state index in [0.717, 1.165) is 19.2 Å². The first-order valence-electron chi connectivity index (χ1n) is 6.41. The standard InChI is InChI=1S/C14H10BrN3O6/c1-24-13-11(17(20)21)6-10(7-12(13)18(22)23)16-14(19)8-3-2-4-9(15)5-8/h2-7H,1H3,(H,16,19). The van der Waals surface area contributed by atoms with Gasteiger partial charge in [0.15, 0.2) is 0 Å². The van der Waals surface area contributed by atoms with Crippen molar-refractivity contribution in [3.8, 4) is 5.75 Å². The Morgan fingerprint density at radius 2 is 1.71 bits per heavy atom. The largest absolute Gasteiger partial charge is 0.485 e. The van der Waals surface area contributed by atoms with Crippen LogP contribution in [-0.2, 0) is 0 Å². The Labute approximate surface area is 143 Å². The molecule has 0 bridgehead atoms. The van der Waals surface area contributed by atoms with Crippen molar-refractivity contribution in [3.63, 3.8) is 0 Å². The number of anilines is 1. The monoisotopic (exact) mass is 395 g/mol. The number of nitro benzene ring substituents is 2. The molecule has 10 heteroatoms. The molecule has 0 aliphatic carbocycles. The number of benzene rings is 2. The zero-order valence-electron chi connectivity index (χ0n) is 12.2. The fraction of sp³-hybridized carbons (Fsp3) is 0.0714. The third-order valence-electron chi connectivity index (χ3n) is 2.99. The minimum absolute atomic E-state index is 0.0841. The number of nitro groups is 2. The number of ether oxygens (including phenoxy) is 1. The van der Waals surface area contributed by atoms with Crippen molar-refractivity contribution in [3.05, 3.63) is 66.7 Å². The Morgan fingerprint density at radius 3 is 2.17 bits per heavy atom. The lowest BCUT2D eigenvalue weighted by molar-refractivity contribution is -0.395. The highest BCUT2D eigenvalue weighted by Gasteiger charge is 2.28. The minimum Gasteiger partial charge on any atom is -0.485 e. The highest BCUT2D eigenvalue weighted by Crippen LogP contribution is 2.39. The van der Waals surface area contributed by atoms with Crippen LogP contribution in [0.5, 0.6) is 5.75 Å². The summed E-state index contributed by atoms with van der Waals surface area (Å²) in [5, 5.41) is 24.6. The summed E-state index contributed by atoms with van der Waals surface area (Å²) < 4.78 is 5.43. The highest BCUT2D eigenvalue weighted by atomic mass is 79.9. The van der Waals surface area contributed by atoms with Gasteiger partial charge >= 0.3 is 11.4 Å². The average molecular weight is 396 g/mol. The van der Waals surface area contributed by atoms with Gasteiger partial charge in [-0.1, -0.05) is 22.0 Å². The zero-order valence-corrected chi connectivity index (χ0v) is 13.8. The molecule has 1 N–H and O–H groups in total. The Morgan fingerprint density at radius 1 is 1.12 bits per heavy atom. The summed E-state index contributed by atoms with van der Waals surface area (Å²) in [5.41, 5.74) is -1.03. The normalized spacial score (nSPS) is 10.1. The van der Waals surface area contributed by atoms with Gasteiger partial charge in [-0.3, -0.25) is 25.0 Å². The van der Waals surface area contributed by atoms with Crippen LogP contribution in [0.4, 0.5) is 17.1 Å². The van der Waals surface area contributed by atoms with E-state index in [1.807, 2.05) is 0 Å². The quantitative estimate of drug-likeness (QED) is 0.609. The fourth-order valence-corrected chi connectivity index (χ4v) is 2.38.